The number of nitrogens with two attached hydrogens (primary N) is 1. The summed E-state index contributed by atoms with van der Waals surface area (Å²) in [5, 5.41) is 1.13. The number of benzene rings is 1. The zero-order chi connectivity index (χ0) is 14.1. The Bertz CT molecular complexity index is 742. The Kier molecular flexibility index (Phi) is 3.02. The first-order valence-corrected chi connectivity index (χ1v) is 6.50. The molecule has 1 amide bonds. The van der Waals surface area contributed by atoms with E-state index in [0.717, 1.165) is 23.0 Å². The van der Waals surface area contributed by atoms with Crippen LogP contribution < -0.4 is 5.73 Å². The summed E-state index contributed by atoms with van der Waals surface area (Å²) >= 11 is 0. The van der Waals surface area contributed by atoms with Crippen LogP contribution in [0.25, 0.3) is 10.9 Å². The number of carbonyl (C=O) groups is 1. The maximum absolute atomic E-state index is 11.5. The second-order valence-electron chi connectivity index (χ2n) is 4.89. The van der Waals surface area contributed by atoms with E-state index >= 15 is 0 Å². The molecule has 1 atom stereocenters. The Morgan fingerprint density at radius 2 is 2.20 bits per heavy atom. The summed E-state index contributed by atoms with van der Waals surface area (Å²) in [6.07, 6.45) is 7.46. The molecule has 0 spiro atoms. The van der Waals surface area contributed by atoms with Crippen molar-refractivity contribution in [1.82, 2.24) is 14.1 Å². The average Bonchev–Trinajstić information content (AvgIpc) is 3.07. The molecular formula is C15H16N4O. The number of hydrogen-bond donors (Lipinski definition) is 1. The lowest BCUT2D eigenvalue weighted by molar-refractivity contribution is -0.120. The van der Waals surface area contributed by atoms with Crippen LogP contribution in [-0.4, -0.2) is 20.0 Å². The fourth-order valence-corrected chi connectivity index (χ4v) is 2.44. The first-order valence-electron chi connectivity index (χ1n) is 6.50. The molecular weight excluding hydrogens is 252 g/mol. The monoisotopic (exact) mass is 268 g/mol. The molecule has 0 aliphatic carbocycles. The molecule has 2 N–H and O–H groups in total. The predicted octanol–water partition coefficient (Wildman–Crippen LogP) is 1.93. The Balaban J connectivity index is 2.11. The van der Waals surface area contributed by atoms with Crippen LogP contribution in [0.4, 0.5) is 0 Å². The fourth-order valence-electron chi connectivity index (χ4n) is 2.44. The van der Waals surface area contributed by atoms with Gasteiger partial charge in [-0.15, -0.1) is 0 Å². The van der Waals surface area contributed by atoms with Crippen molar-refractivity contribution in [2.24, 2.45) is 5.73 Å². The minimum atomic E-state index is -0.364. The van der Waals surface area contributed by atoms with Crippen LogP contribution in [0, 0.1) is 0 Å². The lowest BCUT2D eigenvalue weighted by Crippen LogP contribution is -2.23. The molecule has 2 heterocycles. The first-order chi connectivity index (χ1) is 9.66. The number of primary amides is 1. The van der Waals surface area contributed by atoms with Gasteiger partial charge >= 0.3 is 0 Å². The van der Waals surface area contributed by atoms with E-state index in [1.165, 1.54) is 0 Å². The van der Waals surface area contributed by atoms with Crippen LogP contribution in [0.1, 0.15) is 18.5 Å². The van der Waals surface area contributed by atoms with Gasteiger partial charge in [-0.25, -0.2) is 4.98 Å². The molecule has 20 heavy (non-hydrogen) atoms. The molecule has 0 bridgehead atoms. The van der Waals surface area contributed by atoms with Gasteiger partial charge in [0.15, 0.2) is 0 Å². The van der Waals surface area contributed by atoms with E-state index in [1.54, 1.807) is 12.5 Å². The van der Waals surface area contributed by atoms with E-state index in [2.05, 4.69) is 11.1 Å². The maximum atomic E-state index is 11.5. The SMILES string of the molecule is CC(C(N)=O)n1cc(Cn2ccnc2)c2ccccc21. The third kappa shape index (κ3) is 2.07. The normalized spacial score (nSPS) is 12.7. The van der Waals surface area contributed by atoms with E-state index in [0.29, 0.717) is 0 Å². The molecule has 1 unspecified atom stereocenters. The Labute approximate surface area is 116 Å². The second-order valence-corrected chi connectivity index (χ2v) is 4.89. The second kappa shape index (κ2) is 4.85. The zero-order valence-corrected chi connectivity index (χ0v) is 11.2. The summed E-state index contributed by atoms with van der Waals surface area (Å²) in [5.74, 6) is -0.333. The molecule has 5 heteroatoms. The standard InChI is InChI=1S/C15H16N4O/c1-11(15(16)20)19-9-12(8-18-7-6-17-10-18)13-4-2-3-5-14(13)19/h2-7,9-11H,8H2,1H3,(H2,16,20). The van der Waals surface area contributed by atoms with Gasteiger partial charge in [0.05, 0.1) is 12.9 Å². The van der Waals surface area contributed by atoms with Gasteiger partial charge in [-0.2, -0.15) is 0 Å². The number of rotatable bonds is 4. The lowest BCUT2D eigenvalue weighted by Gasteiger charge is -2.10. The predicted molar refractivity (Wildman–Crippen MR) is 77.2 cm³/mol. The molecule has 3 rings (SSSR count). The Hall–Kier alpha value is -2.56. The molecule has 3 aromatic rings. The minimum Gasteiger partial charge on any atom is -0.368 e. The summed E-state index contributed by atoms with van der Waals surface area (Å²) in [6, 6.07) is 7.67. The van der Waals surface area contributed by atoms with Crippen molar-refractivity contribution >= 4 is 16.8 Å². The van der Waals surface area contributed by atoms with Gasteiger partial charge in [-0.3, -0.25) is 4.79 Å². The van der Waals surface area contributed by atoms with Gasteiger partial charge in [0.2, 0.25) is 5.91 Å². The van der Waals surface area contributed by atoms with E-state index in [1.807, 2.05) is 46.7 Å². The van der Waals surface area contributed by atoms with Crippen LogP contribution in [0.3, 0.4) is 0 Å². The van der Waals surface area contributed by atoms with Crippen molar-refractivity contribution < 1.29 is 4.79 Å². The molecule has 1 aromatic carbocycles. The van der Waals surface area contributed by atoms with Crippen molar-refractivity contribution in [3.8, 4) is 0 Å². The highest BCUT2D eigenvalue weighted by atomic mass is 16.1. The third-order valence-electron chi connectivity index (χ3n) is 3.56. The van der Waals surface area contributed by atoms with Crippen molar-refractivity contribution in [2.45, 2.75) is 19.5 Å². The van der Waals surface area contributed by atoms with E-state index < -0.39 is 0 Å². The summed E-state index contributed by atoms with van der Waals surface area (Å²) < 4.78 is 3.94. The number of amides is 1. The molecule has 0 radical (unpaired) electrons. The molecule has 2 aromatic heterocycles. The highest BCUT2D eigenvalue weighted by Crippen LogP contribution is 2.25. The molecule has 0 fully saturated rings. The van der Waals surface area contributed by atoms with Crippen LogP contribution in [0.15, 0.2) is 49.2 Å². The van der Waals surface area contributed by atoms with Crippen molar-refractivity contribution in [2.75, 3.05) is 0 Å². The van der Waals surface area contributed by atoms with Gasteiger partial charge in [-0.1, -0.05) is 18.2 Å². The number of nitrogens with zero attached hydrogens (tertiary/aromatic N) is 3. The molecule has 0 saturated heterocycles. The van der Waals surface area contributed by atoms with Crippen molar-refractivity contribution in [1.29, 1.82) is 0 Å². The van der Waals surface area contributed by atoms with E-state index in [9.17, 15) is 4.79 Å². The number of imidazole rings is 1. The Morgan fingerprint density at radius 1 is 1.40 bits per heavy atom. The van der Waals surface area contributed by atoms with Crippen LogP contribution in [0.2, 0.25) is 0 Å². The molecule has 0 aliphatic heterocycles. The average molecular weight is 268 g/mol. The van der Waals surface area contributed by atoms with E-state index in [-0.39, 0.29) is 11.9 Å². The van der Waals surface area contributed by atoms with E-state index in [4.69, 9.17) is 5.73 Å². The smallest absolute Gasteiger partial charge is 0.240 e. The number of fused-ring (bicyclic) bond motifs is 1. The number of carbonyl (C=O) groups excluding carboxylic acids is 1. The Morgan fingerprint density at radius 3 is 2.90 bits per heavy atom. The minimum absolute atomic E-state index is 0.333. The van der Waals surface area contributed by atoms with Gasteiger partial charge in [0.25, 0.3) is 0 Å². The van der Waals surface area contributed by atoms with Gasteiger partial charge in [0, 0.05) is 29.5 Å². The van der Waals surface area contributed by atoms with Crippen LogP contribution in [0.5, 0.6) is 0 Å². The first kappa shape index (κ1) is 12.5. The third-order valence-corrected chi connectivity index (χ3v) is 3.56. The van der Waals surface area contributed by atoms with Crippen molar-refractivity contribution in [3.05, 3.63) is 54.7 Å². The quantitative estimate of drug-likeness (QED) is 0.785. The van der Waals surface area contributed by atoms with Gasteiger partial charge < -0.3 is 14.9 Å². The molecule has 102 valence electrons. The number of para-hydroxylation sites is 1. The molecule has 5 nitrogen and oxygen atoms in total. The number of hydrogen-bond acceptors (Lipinski definition) is 2. The van der Waals surface area contributed by atoms with Gasteiger partial charge in [-0.05, 0) is 18.6 Å². The maximum Gasteiger partial charge on any atom is 0.240 e. The summed E-state index contributed by atoms with van der Waals surface area (Å²) in [7, 11) is 0. The molecule has 0 saturated carbocycles. The van der Waals surface area contributed by atoms with Gasteiger partial charge in [0.1, 0.15) is 6.04 Å². The lowest BCUT2D eigenvalue weighted by atomic mass is 10.2. The summed E-state index contributed by atoms with van der Waals surface area (Å²) in [4.78, 5) is 15.5. The number of aromatic nitrogens is 3. The topological polar surface area (TPSA) is 65.8 Å². The van der Waals surface area contributed by atoms with Crippen molar-refractivity contribution in [3.63, 3.8) is 0 Å². The highest BCUT2D eigenvalue weighted by molar-refractivity contribution is 5.87. The summed E-state index contributed by atoms with van der Waals surface area (Å²) in [6.45, 7) is 2.54. The highest BCUT2D eigenvalue weighted by Gasteiger charge is 2.16. The largest absolute Gasteiger partial charge is 0.368 e. The molecule has 0 aliphatic rings. The zero-order valence-electron chi connectivity index (χ0n) is 11.2. The van der Waals surface area contributed by atoms with Crippen LogP contribution in [-0.2, 0) is 11.3 Å². The van der Waals surface area contributed by atoms with Crippen LogP contribution >= 0.6 is 0 Å². The summed E-state index contributed by atoms with van der Waals surface area (Å²) in [5.41, 5.74) is 7.60. The fraction of sp³-hybridized carbons (Fsp3) is 0.200.